The summed E-state index contributed by atoms with van der Waals surface area (Å²) in [4.78, 5) is 29.4. The van der Waals surface area contributed by atoms with E-state index in [0.717, 1.165) is 16.8 Å². The van der Waals surface area contributed by atoms with Gasteiger partial charge in [-0.25, -0.2) is 9.78 Å². The van der Waals surface area contributed by atoms with Gasteiger partial charge in [0.25, 0.3) is 5.56 Å². The molecule has 4 rings (SSSR count). The number of nitrogens with zero attached hydrogens (tertiary/aromatic N) is 3. The van der Waals surface area contributed by atoms with Crippen molar-refractivity contribution < 1.29 is 32.2 Å². The minimum Gasteiger partial charge on any atom is -0.490 e. The van der Waals surface area contributed by atoms with E-state index in [1.54, 1.807) is 43.3 Å². The number of carbonyl (C=O) groups excluding carboxylic acids is 1. The van der Waals surface area contributed by atoms with Crippen LogP contribution in [0.2, 0.25) is 0 Å². The van der Waals surface area contributed by atoms with Crippen LogP contribution < -0.4 is 15.0 Å². The van der Waals surface area contributed by atoms with E-state index in [1.165, 1.54) is 25.5 Å². The molecule has 0 spiro atoms. The minimum absolute atomic E-state index is 0.0626. The topological polar surface area (TPSA) is 92.0 Å². The third-order valence-corrected chi connectivity index (χ3v) is 6.01. The zero-order chi connectivity index (χ0) is 28.2. The van der Waals surface area contributed by atoms with Crippen molar-refractivity contribution in [2.45, 2.75) is 13.1 Å². The Morgan fingerprint density at radius 1 is 1.10 bits per heavy atom. The Morgan fingerprint density at radius 2 is 1.87 bits per heavy atom. The van der Waals surface area contributed by atoms with Gasteiger partial charge in [0.1, 0.15) is 0 Å². The van der Waals surface area contributed by atoms with Gasteiger partial charge in [0.2, 0.25) is 0 Å². The molecule has 0 saturated heterocycles. The van der Waals surface area contributed by atoms with Gasteiger partial charge in [-0.05, 0) is 64.8 Å². The number of methoxy groups -OCH3 is 1. The van der Waals surface area contributed by atoms with Crippen LogP contribution in [-0.2, 0) is 15.7 Å². The van der Waals surface area contributed by atoms with Gasteiger partial charge in [-0.1, -0.05) is 24.3 Å². The summed E-state index contributed by atoms with van der Waals surface area (Å²) in [5.74, 6) is -0.101. The van der Waals surface area contributed by atoms with E-state index in [4.69, 9.17) is 9.47 Å². The van der Waals surface area contributed by atoms with Crippen LogP contribution in [0, 0.1) is 0 Å². The van der Waals surface area contributed by atoms with Gasteiger partial charge in [0, 0.05) is 5.56 Å². The first-order valence-corrected chi connectivity index (χ1v) is 12.3. The van der Waals surface area contributed by atoms with Gasteiger partial charge in [0.05, 0.1) is 40.9 Å². The molecular formula is C27H21BrF3N3O5. The Labute approximate surface area is 228 Å². The molecular weight excluding hydrogens is 583 g/mol. The zero-order valence-corrected chi connectivity index (χ0v) is 22.2. The molecule has 0 bridgehead atoms. The van der Waals surface area contributed by atoms with Crippen LogP contribution >= 0.6 is 15.9 Å². The number of hydrogen-bond donors (Lipinski definition) is 0. The summed E-state index contributed by atoms with van der Waals surface area (Å²) in [6, 6.07) is 14.2. The Morgan fingerprint density at radius 3 is 2.59 bits per heavy atom. The average molecular weight is 604 g/mol. The molecule has 0 atom stereocenters. The van der Waals surface area contributed by atoms with E-state index < -0.39 is 23.3 Å². The molecule has 0 saturated carbocycles. The molecule has 3 aromatic carbocycles. The highest BCUT2D eigenvalue weighted by atomic mass is 79.9. The highest BCUT2D eigenvalue weighted by Crippen LogP contribution is 2.37. The summed E-state index contributed by atoms with van der Waals surface area (Å²) in [6.45, 7) is 1.71. The maximum absolute atomic E-state index is 13.4. The van der Waals surface area contributed by atoms with Crippen molar-refractivity contribution in [1.82, 2.24) is 9.66 Å². The fraction of sp³-hybridized carbons (Fsp3) is 0.185. The van der Waals surface area contributed by atoms with Gasteiger partial charge < -0.3 is 14.2 Å². The predicted molar refractivity (Wildman–Crippen MR) is 142 cm³/mol. The van der Waals surface area contributed by atoms with Crippen molar-refractivity contribution in [1.29, 1.82) is 0 Å². The average Bonchev–Trinajstić information content (AvgIpc) is 2.91. The van der Waals surface area contributed by atoms with Crippen molar-refractivity contribution >= 4 is 39.0 Å². The van der Waals surface area contributed by atoms with Crippen molar-refractivity contribution in [3.8, 4) is 22.9 Å². The molecule has 0 aliphatic rings. The third kappa shape index (κ3) is 6.28. The monoisotopic (exact) mass is 603 g/mol. The van der Waals surface area contributed by atoms with Crippen LogP contribution in [0.4, 0.5) is 13.2 Å². The molecule has 0 fully saturated rings. The molecule has 0 N–H and O–H groups in total. The van der Waals surface area contributed by atoms with E-state index in [9.17, 15) is 22.8 Å². The predicted octanol–water partition coefficient (Wildman–Crippen LogP) is 5.68. The van der Waals surface area contributed by atoms with E-state index in [-0.39, 0.29) is 35.7 Å². The van der Waals surface area contributed by atoms with Crippen LogP contribution in [0.5, 0.6) is 11.5 Å². The van der Waals surface area contributed by atoms with Gasteiger partial charge in [-0.3, -0.25) is 4.79 Å². The lowest BCUT2D eigenvalue weighted by Gasteiger charge is -2.14. The standard InChI is InChI=1S/C27H21BrF3N3O5/c1-3-38-22-12-16(11-20(28)24(22)39-15-23(35)37-2)14-32-34-25(17-7-6-8-18(13-17)27(29,30)31)33-21-10-5-4-9-19(21)26(34)36/h4-14H,3,15H2,1-2H3. The largest absolute Gasteiger partial charge is 0.490 e. The molecule has 1 heterocycles. The van der Waals surface area contributed by atoms with Crippen LogP contribution in [-0.4, -0.2) is 42.2 Å². The van der Waals surface area contributed by atoms with Gasteiger partial charge in [-0.2, -0.15) is 22.9 Å². The number of hydrogen-bond acceptors (Lipinski definition) is 7. The number of para-hydroxylation sites is 1. The van der Waals surface area contributed by atoms with Crippen LogP contribution in [0.3, 0.4) is 0 Å². The smallest absolute Gasteiger partial charge is 0.416 e. The fourth-order valence-corrected chi connectivity index (χ4v) is 4.21. The summed E-state index contributed by atoms with van der Waals surface area (Å²) in [7, 11) is 1.24. The lowest BCUT2D eigenvalue weighted by molar-refractivity contribution is -0.143. The quantitative estimate of drug-likeness (QED) is 0.190. The van der Waals surface area contributed by atoms with Gasteiger partial charge in [-0.15, -0.1) is 0 Å². The molecule has 0 radical (unpaired) electrons. The zero-order valence-electron chi connectivity index (χ0n) is 20.7. The van der Waals surface area contributed by atoms with Crippen LogP contribution in [0.25, 0.3) is 22.3 Å². The number of alkyl halides is 3. The Kier molecular flexibility index (Phi) is 8.34. The van der Waals surface area contributed by atoms with Crippen molar-refractivity contribution in [3.05, 3.63) is 86.6 Å². The maximum Gasteiger partial charge on any atom is 0.416 e. The number of rotatable bonds is 8. The molecule has 0 unspecified atom stereocenters. The van der Waals surface area contributed by atoms with Crippen LogP contribution in [0.1, 0.15) is 18.1 Å². The molecule has 202 valence electrons. The van der Waals surface area contributed by atoms with E-state index in [2.05, 4.69) is 30.8 Å². The normalized spacial score (nSPS) is 11.6. The summed E-state index contributed by atoms with van der Waals surface area (Å²) < 4.78 is 57.4. The summed E-state index contributed by atoms with van der Waals surface area (Å²) in [5.41, 5.74) is -0.606. The molecule has 12 heteroatoms. The molecule has 1 aromatic heterocycles. The lowest BCUT2D eigenvalue weighted by Crippen LogP contribution is -2.20. The fourth-order valence-electron chi connectivity index (χ4n) is 3.63. The van der Waals surface area contributed by atoms with Crippen molar-refractivity contribution in [2.24, 2.45) is 5.10 Å². The highest BCUT2D eigenvalue weighted by molar-refractivity contribution is 9.10. The third-order valence-electron chi connectivity index (χ3n) is 5.42. The van der Waals surface area contributed by atoms with Gasteiger partial charge in [0.15, 0.2) is 23.9 Å². The molecule has 8 nitrogen and oxygen atoms in total. The molecule has 4 aromatic rings. The molecule has 0 aliphatic carbocycles. The lowest BCUT2D eigenvalue weighted by atomic mass is 10.1. The first kappa shape index (κ1) is 27.8. The number of ether oxygens (including phenoxy) is 3. The van der Waals surface area contributed by atoms with Gasteiger partial charge >= 0.3 is 12.1 Å². The second-order valence-corrected chi connectivity index (χ2v) is 8.87. The van der Waals surface area contributed by atoms with E-state index in [1.807, 2.05) is 0 Å². The molecule has 0 aliphatic heterocycles. The number of fused-ring (bicyclic) bond motifs is 1. The Hall–Kier alpha value is -4.19. The number of halogens is 4. The Bertz CT molecular complexity index is 1620. The summed E-state index contributed by atoms with van der Waals surface area (Å²) >= 11 is 3.38. The SMILES string of the molecule is CCOc1cc(C=Nn2c(-c3cccc(C(F)(F)F)c3)nc3ccccc3c2=O)cc(Br)c1OCC(=O)OC. The number of benzene rings is 3. The number of aromatic nitrogens is 2. The first-order valence-electron chi connectivity index (χ1n) is 11.5. The van der Waals surface area contributed by atoms with Crippen LogP contribution in [0.15, 0.2) is 75.0 Å². The van der Waals surface area contributed by atoms with Crippen molar-refractivity contribution in [3.63, 3.8) is 0 Å². The first-order chi connectivity index (χ1) is 18.6. The molecule has 39 heavy (non-hydrogen) atoms. The summed E-state index contributed by atoms with van der Waals surface area (Å²) in [5, 5.41) is 4.54. The number of carbonyl (C=O) groups is 1. The highest BCUT2D eigenvalue weighted by Gasteiger charge is 2.31. The second-order valence-electron chi connectivity index (χ2n) is 8.02. The Balaban J connectivity index is 1.83. The maximum atomic E-state index is 13.4. The van der Waals surface area contributed by atoms with E-state index in [0.29, 0.717) is 21.3 Å². The van der Waals surface area contributed by atoms with Crippen molar-refractivity contribution in [2.75, 3.05) is 20.3 Å². The number of esters is 1. The molecule has 0 amide bonds. The second kappa shape index (κ2) is 11.7. The minimum atomic E-state index is -4.58. The summed E-state index contributed by atoms with van der Waals surface area (Å²) in [6.07, 6.45) is -3.24. The van der Waals surface area contributed by atoms with E-state index >= 15 is 0 Å².